The molecule has 0 unspecified atom stereocenters. The van der Waals surface area contributed by atoms with Crippen molar-refractivity contribution in [3.05, 3.63) is 5.73 Å². The van der Waals surface area contributed by atoms with Gasteiger partial charge < -0.3 is 11.5 Å². The average molecular weight is 336 g/mol. The number of nitrogens with two attached hydrogens (primary N) is 1. The molecule has 0 spiro atoms. The Bertz CT molecular complexity index is 84.6. The largest absolute Gasteiger partial charge is 0.667 e. The van der Waals surface area contributed by atoms with Gasteiger partial charge in [0.05, 0.1) is 6.54 Å². The van der Waals surface area contributed by atoms with Gasteiger partial charge in [0.1, 0.15) is 0 Å². The van der Waals surface area contributed by atoms with Gasteiger partial charge in [-0.1, -0.05) is 12.5 Å². The van der Waals surface area contributed by atoms with Crippen molar-refractivity contribution in [1.29, 1.82) is 0 Å². The van der Waals surface area contributed by atoms with Crippen LogP contribution >= 0.6 is 0 Å². The molecule has 0 saturated carbocycles. The Labute approximate surface area is 92.3 Å². The van der Waals surface area contributed by atoms with Crippen molar-refractivity contribution < 1.29 is 44.1 Å². The van der Waals surface area contributed by atoms with E-state index in [9.17, 15) is 0 Å². The summed E-state index contributed by atoms with van der Waals surface area (Å²) in [5.41, 5.74) is 11.0. The van der Waals surface area contributed by atoms with E-state index in [0.29, 0.717) is 6.54 Å². The fourth-order valence-corrected chi connectivity index (χ4v) is 0. The first kappa shape index (κ1) is 16.2. The van der Waals surface area contributed by atoms with Gasteiger partial charge in [-0.15, -0.1) is 18.8 Å². The molecule has 0 heterocycles. The van der Waals surface area contributed by atoms with E-state index in [-0.39, 0.29) is 50.6 Å². The summed E-state index contributed by atoms with van der Waals surface area (Å²) in [6.07, 6.45) is 9.24. The molecule has 9 heavy (non-hydrogen) atoms. The van der Waals surface area contributed by atoms with E-state index >= 15 is 0 Å². The van der Waals surface area contributed by atoms with Crippen molar-refractivity contribution in [2.45, 2.75) is 0 Å². The van der Waals surface area contributed by atoms with Crippen LogP contribution in [0.5, 0.6) is 0 Å². The maximum absolute atomic E-state index is 6.22. The molecule has 0 rings (SSSR count). The van der Waals surface area contributed by atoms with Crippen LogP contribution in [0.1, 0.15) is 0 Å². The molecule has 0 saturated heterocycles. The Hall–Kier alpha value is 0.482. The molecule has 0 aliphatic carbocycles. The number of hydrogen-bond donors (Lipinski definition) is 1. The van der Waals surface area contributed by atoms with Crippen LogP contribution in [-0.2, 0) is 0 Å². The van der Waals surface area contributed by atoms with E-state index in [1.165, 1.54) is 0 Å². The number of terminal acetylenes is 2. The van der Waals surface area contributed by atoms with Crippen molar-refractivity contribution in [3.8, 4) is 24.7 Å². The van der Waals surface area contributed by atoms with Crippen LogP contribution in [0.4, 0.5) is 0 Å². The Morgan fingerprint density at radius 1 is 1.33 bits per heavy atom. The molecular weight excluding hydrogens is 327 g/mol. The van der Waals surface area contributed by atoms with Crippen LogP contribution in [0.25, 0.3) is 5.73 Å². The van der Waals surface area contributed by atoms with Gasteiger partial charge in [-0.3, -0.25) is 0 Å². The van der Waals surface area contributed by atoms with Crippen molar-refractivity contribution in [1.82, 2.24) is 0 Å². The zero-order chi connectivity index (χ0) is 6.83. The van der Waals surface area contributed by atoms with E-state index < -0.39 is 0 Å². The summed E-state index contributed by atoms with van der Waals surface area (Å²) in [5.74, 6) is 4.31. The average Bonchev–Trinajstić information content (AvgIpc) is 1.88. The minimum atomic E-state index is 0. The third-order valence-corrected chi connectivity index (χ3v) is 0.220. The molecule has 0 aliphatic rings. The molecule has 0 bridgehead atoms. The van der Waals surface area contributed by atoms with Gasteiger partial charge in [0.25, 0.3) is 0 Å². The second-order valence-electron chi connectivity index (χ2n) is 0.789. The summed E-state index contributed by atoms with van der Waals surface area (Å²) >= 11 is 0. The molecule has 0 aromatic heterocycles. The van der Waals surface area contributed by atoms with Crippen molar-refractivity contribution in [2.75, 3.05) is 13.1 Å². The molecule has 0 aliphatic heterocycles. The van der Waals surface area contributed by atoms with Crippen molar-refractivity contribution in [3.63, 3.8) is 0 Å². The minimum absolute atomic E-state index is 0. The van der Waals surface area contributed by atoms with Crippen LogP contribution in [0.3, 0.4) is 0 Å². The Kier molecular flexibility index (Phi) is 42.6. The molecule has 0 aromatic rings. The van der Waals surface area contributed by atoms with Gasteiger partial charge in [0.15, 0.2) is 0 Å². The van der Waals surface area contributed by atoms with E-state index in [2.05, 4.69) is 24.7 Å². The van der Waals surface area contributed by atoms with E-state index in [4.69, 9.17) is 11.5 Å². The predicted molar refractivity (Wildman–Crippen MR) is 35.9 cm³/mol. The monoisotopic (exact) mass is 336 g/mol. The predicted octanol–water partition coefficient (Wildman–Crippen LogP) is 0.250. The van der Waals surface area contributed by atoms with Gasteiger partial charge in [-0.2, -0.15) is 0 Å². The summed E-state index contributed by atoms with van der Waals surface area (Å²) < 4.78 is 0. The number of hydrogen-bond acceptors (Lipinski definition) is 1. The van der Waals surface area contributed by atoms with Crippen LogP contribution in [0.2, 0.25) is 0 Å². The molecule has 0 atom stereocenters. The zero-order valence-corrected chi connectivity index (χ0v) is 9.97. The zero-order valence-electron chi connectivity index (χ0n) is 5.22. The third kappa shape index (κ3) is 57.9. The van der Waals surface area contributed by atoms with E-state index in [1.807, 2.05) is 0 Å². The Balaban J connectivity index is -0.0000000720. The number of rotatable bonds is 0. The van der Waals surface area contributed by atoms with Crippen molar-refractivity contribution >= 4 is 0 Å². The molecule has 1 radical (unpaired) electrons. The first-order valence-electron chi connectivity index (χ1n) is 2.05. The Morgan fingerprint density at radius 3 is 1.56 bits per heavy atom. The summed E-state index contributed by atoms with van der Waals surface area (Å²) in [7, 11) is 0. The SMILES string of the molecule is C#CCN.C#CC[NH-].[Ac]. The molecule has 3 N–H and O–H groups in total. The first-order chi connectivity index (χ1) is 3.83. The second-order valence-corrected chi connectivity index (χ2v) is 0.789. The standard InChI is InChI=1S/C3H5N.C3H4N.Ac/c2*1-2-3-4;/h1H,3-4H2;1,4H,3H2;/q;-1;. The normalized spacial score (nSPS) is 4.44. The Morgan fingerprint density at radius 2 is 1.56 bits per heavy atom. The molecular formula is C6H9AcN2-. The fraction of sp³-hybridized carbons (Fsp3) is 0.333. The van der Waals surface area contributed by atoms with Gasteiger partial charge in [-0.05, 0) is 0 Å². The van der Waals surface area contributed by atoms with Gasteiger partial charge >= 0.3 is 0 Å². The van der Waals surface area contributed by atoms with Gasteiger partial charge in [-0.25, -0.2) is 0 Å². The smallest absolute Gasteiger partial charge is 0.0548 e. The topological polar surface area (TPSA) is 49.8 Å². The molecule has 3 heteroatoms. The van der Waals surface area contributed by atoms with E-state index in [0.717, 1.165) is 0 Å². The number of nitrogens with one attached hydrogen (secondary N) is 1. The van der Waals surface area contributed by atoms with Gasteiger partial charge in [0, 0.05) is 44.1 Å². The van der Waals surface area contributed by atoms with E-state index in [1.54, 1.807) is 0 Å². The summed E-state index contributed by atoms with van der Waals surface area (Å²) in [6, 6.07) is 0. The summed E-state index contributed by atoms with van der Waals surface area (Å²) in [5, 5.41) is 0. The minimum Gasteiger partial charge on any atom is -0.667 e. The molecule has 2 nitrogen and oxygen atoms in total. The van der Waals surface area contributed by atoms with Crippen LogP contribution in [0, 0.1) is 68.7 Å². The molecule has 47 valence electrons. The van der Waals surface area contributed by atoms with Crippen LogP contribution < -0.4 is 5.73 Å². The second kappa shape index (κ2) is 23.6. The quantitative estimate of drug-likeness (QED) is 0.634. The molecule has 0 fully saturated rings. The fourth-order valence-electron chi connectivity index (χ4n) is 0. The third-order valence-electron chi connectivity index (χ3n) is 0.220. The first-order valence-corrected chi connectivity index (χ1v) is 2.05. The van der Waals surface area contributed by atoms with Gasteiger partial charge in [0.2, 0.25) is 0 Å². The molecule has 0 aromatic carbocycles. The van der Waals surface area contributed by atoms with Crippen molar-refractivity contribution in [2.24, 2.45) is 5.73 Å². The summed E-state index contributed by atoms with van der Waals surface area (Å²) in [6.45, 7) is 0.444. The van der Waals surface area contributed by atoms with Crippen LogP contribution in [-0.4, -0.2) is 13.1 Å². The van der Waals surface area contributed by atoms with Crippen LogP contribution in [0.15, 0.2) is 0 Å². The maximum Gasteiger partial charge on any atom is 0.0548 e. The maximum atomic E-state index is 6.22. The summed E-state index contributed by atoms with van der Waals surface area (Å²) in [4.78, 5) is 0. The molecule has 0 amide bonds.